The van der Waals surface area contributed by atoms with Crippen LogP contribution in [0, 0.1) is 0 Å². The van der Waals surface area contributed by atoms with Crippen LogP contribution in [0.3, 0.4) is 0 Å². The van der Waals surface area contributed by atoms with Crippen LogP contribution in [-0.4, -0.2) is 34.1 Å². The molecule has 21 heavy (non-hydrogen) atoms. The van der Waals surface area contributed by atoms with Crippen LogP contribution in [-0.2, 0) is 0 Å². The maximum absolute atomic E-state index is 12.3. The number of amides is 1. The molecule has 0 spiro atoms. The predicted octanol–water partition coefficient (Wildman–Crippen LogP) is 3.27. The fourth-order valence-electron chi connectivity index (χ4n) is 2.53. The summed E-state index contributed by atoms with van der Waals surface area (Å²) in [5, 5.41) is 10.2. The first-order valence-electron chi connectivity index (χ1n) is 7.31. The molecular formula is C15H19N3O2S. The van der Waals surface area contributed by atoms with Crippen molar-refractivity contribution in [2.45, 2.75) is 38.5 Å². The van der Waals surface area contributed by atoms with Crippen LogP contribution in [0.4, 0.5) is 0 Å². The van der Waals surface area contributed by atoms with E-state index in [0.29, 0.717) is 5.89 Å². The van der Waals surface area contributed by atoms with E-state index in [1.54, 1.807) is 0 Å². The zero-order valence-electron chi connectivity index (χ0n) is 12.3. The quantitative estimate of drug-likeness (QED) is 0.873. The van der Waals surface area contributed by atoms with Gasteiger partial charge in [0.25, 0.3) is 5.91 Å². The monoisotopic (exact) mass is 305 g/mol. The molecule has 112 valence electrons. The molecule has 2 aromatic rings. The van der Waals surface area contributed by atoms with Crippen LogP contribution in [0.5, 0.6) is 0 Å². The van der Waals surface area contributed by atoms with Crippen molar-refractivity contribution >= 4 is 17.2 Å². The highest BCUT2D eigenvalue weighted by Crippen LogP contribution is 2.29. The maximum atomic E-state index is 12.3. The highest BCUT2D eigenvalue weighted by Gasteiger charge is 2.28. The van der Waals surface area contributed by atoms with Crippen molar-refractivity contribution in [3.05, 3.63) is 34.2 Å². The van der Waals surface area contributed by atoms with E-state index in [1.807, 2.05) is 36.3 Å². The van der Waals surface area contributed by atoms with Gasteiger partial charge in [0.1, 0.15) is 0 Å². The van der Waals surface area contributed by atoms with Gasteiger partial charge in [0.05, 0.1) is 4.88 Å². The highest BCUT2D eigenvalue weighted by molar-refractivity contribution is 7.12. The Balaban J connectivity index is 1.61. The molecule has 1 aliphatic heterocycles. The van der Waals surface area contributed by atoms with Crippen molar-refractivity contribution in [1.29, 1.82) is 0 Å². The summed E-state index contributed by atoms with van der Waals surface area (Å²) in [5.74, 6) is 2.09. The largest absolute Gasteiger partial charge is 0.425 e. The van der Waals surface area contributed by atoms with Crippen molar-refractivity contribution in [3.63, 3.8) is 0 Å². The number of carbonyl (C=O) groups excluding carboxylic acids is 1. The van der Waals surface area contributed by atoms with E-state index in [2.05, 4.69) is 10.2 Å². The van der Waals surface area contributed by atoms with Gasteiger partial charge in [-0.05, 0) is 24.3 Å². The minimum atomic E-state index is 0.136. The molecular weight excluding hydrogens is 286 g/mol. The number of rotatable bonds is 3. The summed E-state index contributed by atoms with van der Waals surface area (Å²) in [7, 11) is 0. The van der Waals surface area contributed by atoms with E-state index in [1.165, 1.54) is 11.3 Å². The Morgan fingerprint density at radius 2 is 2.14 bits per heavy atom. The van der Waals surface area contributed by atoms with Crippen LogP contribution in [0.25, 0.3) is 0 Å². The average molecular weight is 305 g/mol. The van der Waals surface area contributed by atoms with E-state index >= 15 is 0 Å². The third kappa shape index (κ3) is 3.00. The predicted molar refractivity (Wildman–Crippen MR) is 80.6 cm³/mol. The van der Waals surface area contributed by atoms with Crippen LogP contribution in [0.1, 0.15) is 60.0 Å². The molecule has 0 saturated carbocycles. The fourth-order valence-corrected chi connectivity index (χ4v) is 3.22. The summed E-state index contributed by atoms with van der Waals surface area (Å²) in [6.45, 7) is 5.58. The van der Waals surface area contributed by atoms with Gasteiger partial charge in [0.2, 0.25) is 11.8 Å². The lowest BCUT2D eigenvalue weighted by molar-refractivity contribution is 0.0711. The van der Waals surface area contributed by atoms with Gasteiger partial charge in [-0.3, -0.25) is 4.79 Å². The molecule has 5 nitrogen and oxygen atoms in total. The Bertz CT molecular complexity index is 598. The van der Waals surface area contributed by atoms with Gasteiger partial charge >= 0.3 is 0 Å². The van der Waals surface area contributed by atoms with Crippen LogP contribution >= 0.6 is 11.3 Å². The molecule has 1 saturated heterocycles. The summed E-state index contributed by atoms with van der Waals surface area (Å²) in [4.78, 5) is 15.0. The maximum Gasteiger partial charge on any atom is 0.263 e. The number of nitrogens with zero attached hydrogens (tertiary/aromatic N) is 3. The third-order valence-corrected chi connectivity index (χ3v) is 4.67. The molecule has 6 heteroatoms. The SMILES string of the molecule is CC(C)c1nnc(C2CCN(C(=O)c3cccs3)CC2)o1. The van der Waals surface area contributed by atoms with Gasteiger partial charge in [0.15, 0.2) is 0 Å². The Hall–Kier alpha value is -1.69. The second-order valence-electron chi connectivity index (χ2n) is 5.68. The molecule has 0 aromatic carbocycles. The third-order valence-electron chi connectivity index (χ3n) is 3.81. The Morgan fingerprint density at radius 1 is 1.38 bits per heavy atom. The molecule has 1 aliphatic rings. The summed E-state index contributed by atoms with van der Waals surface area (Å²) in [6, 6.07) is 3.79. The molecule has 3 heterocycles. The average Bonchev–Trinajstić information content (AvgIpc) is 3.18. The van der Waals surface area contributed by atoms with Gasteiger partial charge in [-0.2, -0.15) is 0 Å². The van der Waals surface area contributed by atoms with E-state index in [0.717, 1.165) is 36.7 Å². The van der Waals surface area contributed by atoms with E-state index in [-0.39, 0.29) is 17.7 Å². The fraction of sp³-hybridized carbons (Fsp3) is 0.533. The van der Waals surface area contributed by atoms with E-state index in [9.17, 15) is 4.79 Å². The zero-order chi connectivity index (χ0) is 14.8. The lowest BCUT2D eigenvalue weighted by atomic mass is 9.97. The normalized spacial score (nSPS) is 16.6. The number of hydrogen-bond acceptors (Lipinski definition) is 5. The number of aromatic nitrogens is 2. The lowest BCUT2D eigenvalue weighted by Crippen LogP contribution is -2.37. The van der Waals surface area contributed by atoms with Crippen LogP contribution in [0.2, 0.25) is 0 Å². The van der Waals surface area contributed by atoms with Crippen LogP contribution < -0.4 is 0 Å². The summed E-state index contributed by atoms with van der Waals surface area (Å²) in [6.07, 6.45) is 1.77. The smallest absolute Gasteiger partial charge is 0.263 e. The molecule has 0 N–H and O–H groups in total. The molecule has 3 rings (SSSR count). The van der Waals surface area contributed by atoms with Crippen molar-refractivity contribution in [3.8, 4) is 0 Å². The summed E-state index contributed by atoms with van der Waals surface area (Å²) >= 11 is 1.50. The first-order chi connectivity index (χ1) is 10.1. The molecule has 0 radical (unpaired) electrons. The zero-order valence-corrected chi connectivity index (χ0v) is 13.1. The summed E-state index contributed by atoms with van der Waals surface area (Å²) < 4.78 is 5.73. The molecule has 1 fully saturated rings. The van der Waals surface area contributed by atoms with Gasteiger partial charge in [0, 0.05) is 24.9 Å². The van der Waals surface area contributed by atoms with Crippen molar-refractivity contribution < 1.29 is 9.21 Å². The molecule has 0 aliphatic carbocycles. The van der Waals surface area contributed by atoms with Crippen molar-refractivity contribution in [2.75, 3.05) is 13.1 Å². The molecule has 0 bridgehead atoms. The Labute approximate surface area is 128 Å². The van der Waals surface area contributed by atoms with Crippen LogP contribution in [0.15, 0.2) is 21.9 Å². The second-order valence-corrected chi connectivity index (χ2v) is 6.62. The number of carbonyl (C=O) groups is 1. The van der Waals surface area contributed by atoms with Gasteiger partial charge in [-0.15, -0.1) is 21.5 Å². The standard InChI is InChI=1S/C15H19N3O2S/c1-10(2)13-16-17-14(20-13)11-5-7-18(8-6-11)15(19)12-4-3-9-21-12/h3-4,9-11H,5-8H2,1-2H3. The lowest BCUT2D eigenvalue weighted by Gasteiger charge is -2.30. The van der Waals surface area contributed by atoms with Gasteiger partial charge in [-0.1, -0.05) is 19.9 Å². The highest BCUT2D eigenvalue weighted by atomic mass is 32.1. The minimum absolute atomic E-state index is 0.136. The van der Waals surface area contributed by atoms with Crippen molar-refractivity contribution in [1.82, 2.24) is 15.1 Å². The number of likely N-dealkylation sites (tertiary alicyclic amines) is 1. The Morgan fingerprint density at radius 3 is 2.71 bits per heavy atom. The summed E-state index contributed by atoms with van der Waals surface area (Å²) in [5.41, 5.74) is 0. The molecule has 1 amide bonds. The molecule has 0 atom stereocenters. The minimum Gasteiger partial charge on any atom is -0.425 e. The van der Waals surface area contributed by atoms with Crippen molar-refractivity contribution in [2.24, 2.45) is 0 Å². The van der Waals surface area contributed by atoms with E-state index < -0.39 is 0 Å². The first kappa shape index (κ1) is 14.3. The van der Waals surface area contributed by atoms with E-state index in [4.69, 9.17) is 4.42 Å². The first-order valence-corrected chi connectivity index (χ1v) is 8.19. The number of hydrogen-bond donors (Lipinski definition) is 0. The molecule has 0 unspecified atom stereocenters. The molecule has 2 aromatic heterocycles. The van der Waals surface area contributed by atoms with Gasteiger partial charge < -0.3 is 9.32 Å². The van der Waals surface area contributed by atoms with Gasteiger partial charge in [-0.25, -0.2) is 0 Å². The number of piperidine rings is 1. The number of thiophene rings is 1. The topological polar surface area (TPSA) is 59.2 Å². The Kier molecular flexibility index (Phi) is 4.05. The second kappa shape index (κ2) is 5.97.